The van der Waals surface area contributed by atoms with E-state index >= 15 is 0 Å². The summed E-state index contributed by atoms with van der Waals surface area (Å²) in [5, 5.41) is 4.97. The number of hydrogen-bond donors (Lipinski definition) is 0. The van der Waals surface area contributed by atoms with Crippen LogP contribution in [0.3, 0.4) is 0 Å². The van der Waals surface area contributed by atoms with Crippen molar-refractivity contribution in [3.8, 4) is 5.82 Å². The molecule has 1 amide bonds. The van der Waals surface area contributed by atoms with E-state index in [4.69, 9.17) is 9.84 Å². The first-order chi connectivity index (χ1) is 14.9. The highest BCUT2D eigenvalue weighted by Crippen LogP contribution is 2.40. The fourth-order valence-electron chi connectivity index (χ4n) is 4.96. The van der Waals surface area contributed by atoms with Crippen molar-refractivity contribution in [1.29, 1.82) is 0 Å². The van der Waals surface area contributed by atoms with Crippen LogP contribution < -0.4 is 0 Å². The van der Waals surface area contributed by atoms with Crippen LogP contribution in [0.15, 0.2) is 54.9 Å². The lowest BCUT2D eigenvalue weighted by molar-refractivity contribution is -0.142. The summed E-state index contributed by atoms with van der Waals surface area (Å²) in [5.74, 6) is 1.25. The Kier molecular flexibility index (Phi) is 4.77. The van der Waals surface area contributed by atoms with Gasteiger partial charge in [0.2, 0.25) is 5.91 Å². The molecule has 2 aliphatic heterocycles. The summed E-state index contributed by atoms with van der Waals surface area (Å²) in [6.07, 6.45) is 5.54. The monoisotopic (exact) mass is 418 g/mol. The second-order valence-electron chi connectivity index (χ2n) is 9.64. The molecule has 4 heterocycles. The van der Waals surface area contributed by atoms with Crippen molar-refractivity contribution >= 4 is 5.91 Å². The normalized spacial score (nSPS) is 18.2. The minimum absolute atomic E-state index is 0.148. The van der Waals surface area contributed by atoms with Gasteiger partial charge in [-0.25, -0.2) is 4.68 Å². The van der Waals surface area contributed by atoms with Crippen LogP contribution in [0.25, 0.3) is 5.82 Å². The van der Waals surface area contributed by atoms with Gasteiger partial charge < -0.3 is 14.2 Å². The minimum atomic E-state index is -0.517. The molecule has 2 aliphatic rings. The summed E-state index contributed by atoms with van der Waals surface area (Å²) in [6, 6.07) is 14.3. The number of carbonyl (C=O) groups is 1. The molecule has 3 aromatic rings. The number of nitrogens with zero attached hydrogens (tertiary/aromatic N) is 4. The lowest BCUT2D eigenvalue weighted by atomic mass is 9.73. The zero-order valence-electron chi connectivity index (χ0n) is 18.5. The van der Waals surface area contributed by atoms with E-state index in [0.717, 1.165) is 35.5 Å². The Morgan fingerprint density at radius 2 is 1.68 bits per heavy atom. The summed E-state index contributed by atoms with van der Waals surface area (Å²) in [5.41, 5.74) is 2.58. The molecule has 0 saturated carbocycles. The van der Waals surface area contributed by atoms with E-state index in [9.17, 15) is 4.79 Å². The molecule has 0 N–H and O–H groups in total. The quantitative estimate of drug-likeness (QED) is 0.646. The number of benzene rings is 1. The van der Waals surface area contributed by atoms with E-state index in [1.165, 1.54) is 0 Å². The topological polar surface area (TPSA) is 52.3 Å². The third-order valence-corrected chi connectivity index (χ3v) is 6.58. The maximum Gasteiger partial charge on any atom is 0.234 e. The predicted molar refractivity (Wildman–Crippen MR) is 119 cm³/mol. The maximum absolute atomic E-state index is 14.0. The SMILES string of the molecule is CC(C)(C)n1nc2c(c1-n1cccc1)CN(C(=O)C1(c3ccccc3)CCOCC1)C2. The summed E-state index contributed by atoms with van der Waals surface area (Å²) in [6.45, 7) is 8.87. The number of rotatable bonds is 3. The Balaban J connectivity index is 1.51. The largest absolute Gasteiger partial charge is 0.381 e. The molecule has 0 radical (unpaired) electrons. The molecule has 0 atom stereocenters. The van der Waals surface area contributed by atoms with E-state index in [1.54, 1.807) is 0 Å². The number of amides is 1. The zero-order chi connectivity index (χ0) is 21.6. The van der Waals surface area contributed by atoms with Crippen molar-refractivity contribution in [3.63, 3.8) is 0 Å². The average Bonchev–Trinajstić information content (AvgIpc) is 3.50. The van der Waals surface area contributed by atoms with E-state index < -0.39 is 5.41 Å². The molecular weight excluding hydrogens is 388 g/mol. The minimum Gasteiger partial charge on any atom is -0.381 e. The number of aromatic nitrogens is 3. The van der Waals surface area contributed by atoms with Gasteiger partial charge in [0.25, 0.3) is 0 Å². The van der Waals surface area contributed by atoms with Gasteiger partial charge in [-0.2, -0.15) is 5.10 Å². The Labute approximate surface area is 183 Å². The van der Waals surface area contributed by atoms with Crippen LogP contribution in [0.4, 0.5) is 0 Å². The molecule has 0 bridgehead atoms. The highest BCUT2D eigenvalue weighted by Gasteiger charge is 2.46. The fraction of sp³-hybridized carbons (Fsp3) is 0.440. The molecule has 1 saturated heterocycles. The standard InChI is InChI=1S/C25H30N4O2/c1-24(2,3)29-22(27-13-7-8-14-27)20-17-28(18-21(20)26-29)23(30)25(11-15-31-16-12-25)19-9-5-4-6-10-19/h4-10,13-14H,11-12,15-18H2,1-3H3. The molecule has 6 heteroatoms. The molecule has 2 aromatic heterocycles. The number of hydrogen-bond acceptors (Lipinski definition) is 3. The average molecular weight is 419 g/mol. The lowest BCUT2D eigenvalue weighted by Gasteiger charge is -2.39. The summed E-state index contributed by atoms with van der Waals surface area (Å²) < 4.78 is 9.85. The van der Waals surface area contributed by atoms with E-state index in [1.807, 2.05) is 47.6 Å². The number of ether oxygens (including phenoxy) is 1. The number of carbonyl (C=O) groups excluding carboxylic acids is 1. The van der Waals surface area contributed by atoms with Crippen LogP contribution in [0.1, 0.15) is 50.4 Å². The zero-order valence-corrected chi connectivity index (χ0v) is 18.5. The Morgan fingerprint density at radius 3 is 2.32 bits per heavy atom. The molecule has 31 heavy (non-hydrogen) atoms. The first kappa shape index (κ1) is 20.1. The van der Waals surface area contributed by atoms with Gasteiger partial charge in [0.15, 0.2) is 0 Å². The molecular formula is C25H30N4O2. The second-order valence-corrected chi connectivity index (χ2v) is 9.64. The van der Waals surface area contributed by atoms with Crippen LogP contribution in [0, 0.1) is 0 Å². The van der Waals surface area contributed by atoms with E-state index in [-0.39, 0.29) is 11.4 Å². The fourth-order valence-corrected chi connectivity index (χ4v) is 4.96. The second kappa shape index (κ2) is 7.38. The summed E-state index contributed by atoms with van der Waals surface area (Å²) in [7, 11) is 0. The van der Waals surface area contributed by atoms with Gasteiger partial charge in [0, 0.05) is 31.2 Å². The van der Waals surface area contributed by atoms with E-state index in [2.05, 4.69) is 42.2 Å². The molecule has 162 valence electrons. The first-order valence-corrected chi connectivity index (χ1v) is 11.1. The van der Waals surface area contributed by atoms with Crippen LogP contribution >= 0.6 is 0 Å². The van der Waals surface area contributed by atoms with Crippen molar-refractivity contribution in [2.45, 2.75) is 57.7 Å². The maximum atomic E-state index is 14.0. The molecule has 1 aromatic carbocycles. The van der Waals surface area contributed by atoms with Crippen molar-refractivity contribution < 1.29 is 9.53 Å². The Bertz CT molecular complexity index is 1070. The third kappa shape index (κ3) is 3.30. The Hall–Kier alpha value is -2.86. The van der Waals surface area contributed by atoms with Crippen molar-refractivity contribution in [3.05, 3.63) is 71.7 Å². The molecule has 0 spiro atoms. The van der Waals surface area contributed by atoms with Crippen molar-refractivity contribution in [2.24, 2.45) is 0 Å². The smallest absolute Gasteiger partial charge is 0.234 e. The lowest BCUT2D eigenvalue weighted by Crippen LogP contribution is -2.48. The molecule has 1 fully saturated rings. The van der Waals surface area contributed by atoms with Gasteiger partial charge in [-0.3, -0.25) is 4.79 Å². The van der Waals surface area contributed by atoms with Crippen LogP contribution in [0.5, 0.6) is 0 Å². The van der Waals surface area contributed by atoms with Crippen LogP contribution in [-0.4, -0.2) is 38.4 Å². The predicted octanol–water partition coefficient (Wildman–Crippen LogP) is 4.02. The van der Waals surface area contributed by atoms with Crippen LogP contribution in [-0.2, 0) is 33.6 Å². The van der Waals surface area contributed by atoms with Crippen LogP contribution in [0.2, 0.25) is 0 Å². The third-order valence-electron chi connectivity index (χ3n) is 6.58. The van der Waals surface area contributed by atoms with E-state index in [0.29, 0.717) is 26.3 Å². The molecule has 0 unspecified atom stereocenters. The van der Waals surface area contributed by atoms with Gasteiger partial charge in [0.05, 0.1) is 29.7 Å². The van der Waals surface area contributed by atoms with Gasteiger partial charge >= 0.3 is 0 Å². The van der Waals surface area contributed by atoms with Crippen molar-refractivity contribution in [2.75, 3.05) is 13.2 Å². The molecule has 6 nitrogen and oxygen atoms in total. The van der Waals surface area contributed by atoms with Crippen molar-refractivity contribution in [1.82, 2.24) is 19.2 Å². The van der Waals surface area contributed by atoms with Gasteiger partial charge in [-0.1, -0.05) is 30.3 Å². The molecule has 0 aliphatic carbocycles. The van der Waals surface area contributed by atoms with Gasteiger partial charge in [-0.15, -0.1) is 0 Å². The van der Waals surface area contributed by atoms with Gasteiger partial charge in [-0.05, 0) is 51.3 Å². The Morgan fingerprint density at radius 1 is 1.00 bits per heavy atom. The molecule has 5 rings (SSSR count). The van der Waals surface area contributed by atoms with Gasteiger partial charge in [0.1, 0.15) is 5.82 Å². The summed E-state index contributed by atoms with van der Waals surface area (Å²) >= 11 is 0. The first-order valence-electron chi connectivity index (χ1n) is 11.1. The highest BCUT2D eigenvalue weighted by atomic mass is 16.5. The highest BCUT2D eigenvalue weighted by molar-refractivity contribution is 5.89. The summed E-state index contributed by atoms with van der Waals surface area (Å²) in [4.78, 5) is 16.0. The number of fused-ring (bicyclic) bond motifs is 1.